The van der Waals surface area contributed by atoms with E-state index < -0.39 is 0 Å². The minimum Gasteiger partial charge on any atom is -0.352 e. The number of fused-ring (bicyclic) bond motifs is 1. The molecule has 0 N–H and O–H groups in total. The van der Waals surface area contributed by atoms with Crippen LogP contribution < -0.4 is 9.80 Å². The van der Waals surface area contributed by atoms with E-state index in [1.807, 2.05) is 0 Å². The molecule has 1 aromatic heterocycles. The Balaban J connectivity index is 1.69. The number of benzene rings is 1. The lowest BCUT2D eigenvalue weighted by molar-refractivity contribution is 0.311. The van der Waals surface area contributed by atoms with E-state index in [1.165, 1.54) is 10.8 Å². The second kappa shape index (κ2) is 6.53. The van der Waals surface area contributed by atoms with Crippen LogP contribution in [0.2, 0.25) is 0 Å². The third-order valence-corrected chi connectivity index (χ3v) is 5.25. The van der Waals surface area contributed by atoms with E-state index in [1.54, 1.807) is 0 Å². The standard InChI is InChI=1S/C18H26N6/c1-21-7-11-23(12-8-21)17-15-5-3-4-6-16(15)18(20-19-17)24-13-9-22(2)10-14-24/h3-6H,7-14H2,1-2H3. The van der Waals surface area contributed by atoms with Crippen LogP contribution in [0.1, 0.15) is 0 Å². The number of anilines is 2. The zero-order valence-corrected chi connectivity index (χ0v) is 14.6. The summed E-state index contributed by atoms with van der Waals surface area (Å²) in [6, 6.07) is 8.60. The van der Waals surface area contributed by atoms with E-state index in [-0.39, 0.29) is 0 Å². The van der Waals surface area contributed by atoms with Gasteiger partial charge in [-0.05, 0) is 14.1 Å². The van der Waals surface area contributed by atoms with Crippen LogP contribution in [0, 0.1) is 0 Å². The fourth-order valence-corrected chi connectivity index (χ4v) is 3.58. The lowest BCUT2D eigenvalue weighted by atomic mass is 10.1. The third-order valence-electron chi connectivity index (χ3n) is 5.25. The second-order valence-electron chi connectivity index (χ2n) is 6.97. The van der Waals surface area contributed by atoms with Gasteiger partial charge in [-0.3, -0.25) is 0 Å². The van der Waals surface area contributed by atoms with Crippen molar-refractivity contribution in [3.63, 3.8) is 0 Å². The molecule has 0 unspecified atom stereocenters. The van der Waals surface area contributed by atoms with Crippen molar-refractivity contribution in [3.05, 3.63) is 24.3 Å². The molecule has 0 saturated carbocycles. The maximum Gasteiger partial charge on any atom is 0.159 e. The highest BCUT2D eigenvalue weighted by molar-refractivity contribution is 5.99. The first-order valence-electron chi connectivity index (χ1n) is 8.85. The zero-order valence-electron chi connectivity index (χ0n) is 14.6. The Morgan fingerprint density at radius 1 is 0.625 bits per heavy atom. The normalized spacial score (nSPS) is 20.8. The largest absolute Gasteiger partial charge is 0.352 e. The maximum atomic E-state index is 4.65. The number of hydrogen-bond acceptors (Lipinski definition) is 6. The molecule has 0 radical (unpaired) electrons. The molecule has 0 aliphatic carbocycles. The predicted molar refractivity (Wildman–Crippen MR) is 99.0 cm³/mol. The third kappa shape index (κ3) is 2.91. The average Bonchev–Trinajstić information content (AvgIpc) is 2.62. The molecule has 3 heterocycles. The van der Waals surface area contributed by atoms with Crippen LogP contribution in [-0.2, 0) is 0 Å². The summed E-state index contributed by atoms with van der Waals surface area (Å²) in [5.74, 6) is 2.08. The Bertz CT molecular complexity index is 641. The molecule has 4 rings (SSSR count). The molecule has 2 aliphatic rings. The van der Waals surface area contributed by atoms with Gasteiger partial charge < -0.3 is 19.6 Å². The van der Waals surface area contributed by atoms with Crippen LogP contribution in [0.15, 0.2) is 24.3 Å². The van der Waals surface area contributed by atoms with E-state index in [4.69, 9.17) is 0 Å². The summed E-state index contributed by atoms with van der Waals surface area (Å²) in [5, 5.41) is 11.8. The van der Waals surface area contributed by atoms with Gasteiger partial charge in [-0.15, -0.1) is 10.2 Å². The van der Waals surface area contributed by atoms with Gasteiger partial charge in [0.1, 0.15) is 0 Å². The van der Waals surface area contributed by atoms with Crippen LogP contribution in [0.3, 0.4) is 0 Å². The Morgan fingerprint density at radius 3 is 1.38 bits per heavy atom. The highest BCUT2D eigenvalue weighted by Gasteiger charge is 2.22. The first-order valence-corrected chi connectivity index (χ1v) is 8.85. The Morgan fingerprint density at radius 2 is 1.00 bits per heavy atom. The lowest BCUT2D eigenvalue weighted by Crippen LogP contribution is -2.46. The number of piperazine rings is 2. The van der Waals surface area contributed by atoms with Crippen LogP contribution >= 0.6 is 0 Å². The summed E-state index contributed by atoms with van der Waals surface area (Å²) in [5.41, 5.74) is 0. The van der Waals surface area contributed by atoms with Crippen LogP contribution in [-0.4, -0.2) is 86.5 Å². The van der Waals surface area contributed by atoms with Crippen molar-refractivity contribution in [2.24, 2.45) is 0 Å². The van der Waals surface area contributed by atoms with Gasteiger partial charge in [0.25, 0.3) is 0 Å². The monoisotopic (exact) mass is 326 g/mol. The van der Waals surface area contributed by atoms with Crippen molar-refractivity contribution in [3.8, 4) is 0 Å². The molecule has 2 aromatic rings. The number of rotatable bonds is 2. The number of aromatic nitrogens is 2. The van der Waals surface area contributed by atoms with E-state index in [2.05, 4.69) is 68.2 Å². The van der Waals surface area contributed by atoms with E-state index in [0.29, 0.717) is 0 Å². The highest BCUT2D eigenvalue weighted by atomic mass is 15.4. The molecule has 0 atom stereocenters. The molecule has 6 heteroatoms. The van der Waals surface area contributed by atoms with Gasteiger partial charge in [0.05, 0.1) is 0 Å². The summed E-state index contributed by atoms with van der Waals surface area (Å²) >= 11 is 0. The summed E-state index contributed by atoms with van der Waals surface area (Å²) in [7, 11) is 4.36. The molecule has 2 saturated heterocycles. The first-order chi connectivity index (χ1) is 11.7. The van der Waals surface area contributed by atoms with Crippen molar-refractivity contribution in [1.29, 1.82) is 0 Å². The second-order valence-corrected chi connectivity index (χ2v) is 6.97. The van der Waals surface area contributed by atoms with Gasteiger partial charge in [-0.25, -0.2) is 0 Å². The van der Waals surface area contributed by atoms with Crippen molar-refractivity contribution < 1.29 is 0 Å². The van der Waals surface area contributed by atoms with Crippen molar-refractivity contribution in [1.82, 2.24) is 20.0 Å². The highest BCUT2D eigenvalue weighted by Crippen LogP contribution is 2.31. The Labute approximate surface area is 143 Å². The van der Waals surface area contributed by atoms with E-state index in [0.717, 1.165) is 64.0 Å². The summed E-state index contributed by atoms with van der Waals surface area (Å²) in [6.07, 6.45) is 0. The van der Waals surface area contributed by atoms with E-state index >= 15 is 0 Å². The van der Waals surface area contributed by atoms with Crippen molar-refractivity contribution in [2.45, 2.75) is 0 Å². The van der Waals surface area contributed by atoms with Gasteiger partial charge >= 0.3 is 0 Å². The molecule has 0 bridgehead atoms. The Kier molecular flexibility index (Phi) is 4.24. The predicted octanol–water partition coefficient (Wildman–Crippen LogP) is 1.13. The fraction of sp³-hybridized carbons (Fsp3) is 0.556. The van der Waals surface area contributed by atoms with Gasteiger partial charge in [0.2, 0.25) is 0 Å². The van der Waals surface area contributed by atoms with Crippen molar-refractivity contribution >= 4 is 22.4 Å². The minimum atomic E-state index is 1.02. The van der Waals surface area contributed by atoms with Crippen molar-refractivity contribution in [2.75, 3.05) is 76.3 Å². The molecule has 0 amide bonds. The summed E-state index contributed by atoms with van der Waals surface area (Å²) in [6.45, 7) is 8.39. The average molecular weight is 326 g/mol. The van der Waals surface area contributed by atoms with Gasteiger partial charge in [0.15, 0.2) is 11.6 Å². The molecule has 1 aromatic carbocycles. The number of nitrogens with zero attached hydrogens (tertiary/aromatic N) is 6. The van der Waals surface area contributed by atoms with Gasteiger partial charge in [0, 0.05) is 63.1 Å². The molecular weight excluding hydrogens is 300 g/mol. The number of hydrogen-bond donors (Lipinski definition) is 0. The van der Waals surface area contributed by atoms with Gasteiger partial charge in [-0.1, -0.05) is 24.3 Å². The smallest absolute Gasteiger partial charge is 0.159 e. The van der Waals surface area contributed by atoms with E-state index in [9.17, 15) is 0 Å². The molecular formula is C18H26N6. The molecule has 2 aliphatic heterocycles. The molecule has 128 valence electrons. The van der Waals surface area contributed by atoms with Gasteiger partial charge in [-0.2, -0.15) is 0 Å². The number of likely N-dealkylation sites (N-methyl/N-ethyl adjacent to an activating group) is 2. The topological polar surface area (TPSA) is 38.7 Å². The van der Waals surface area contributed by atoms with Crippen LogP contribution in [0.4, 0.5) is 11.6 Å². The molecule has 0 spiro atoms. The van der Waals surface area contributed by atoms with Crippen LogP contribution in [0.25, 0.3) is 10.8 Å². The minimum absolute atomic E-state index is 1.02. The maximum absolute atomic E-state index is 4.65. The molecule has 2 fully saturated rings. The van der Waals surface area contributed by atoms with Crippen LogP contribution in [0.5, 0.6) is 0 Å². The summed E-state index contributed by atoms with van der Waals surface area (Å²) < 4.78 is 0. The summed E-state index contributed by atoms with van der Waals surface area (Å²) in [4.78, 5) is 9.49. The quantitative estimate of drug-likeness (QED) is 0.824. The SMILES string of the molecule is CN1CCN(c2nnc(N3CCN(C)CC3)c3ccccc23)CC1. The first kappa shape index (κ1) is 15.6. The molecule has 24 heavy (non-hydrogen) atoms. The fourth-order valence-electron chi connectivity index (χ4n) is 3.58. The molecule has 6 nitrogen and oxygen atoms in total. The lowest BCUT2D eigenvalue weighted by Gasteiger charge is -2.35. The Hall–Kier alpha value is -1.92. The zero-order chi connectivity index (χ0) is 16.5.